The molecule has 0 fully saturated rings. The van der Waals surface area contributed by atoms with Gasteiger partial charge in [-0.1, -0.05) is 18.2 Å². The molecule has 18 heavy (non-hydrogen) atoms. The molecule has 1 heterocycles. The smallest absolute Gasteiger partial charge is 0.198 e. The van der Waals surface area contributed by atoms with E-state index in [-0.39, 0.29) is 11.8 Å². The first-order valence-electron chi connectivity index (χ1n) is 5.50. The predicted octanol–water partition coefficient (Wildman–Crippen LogP) is 2.85. The zero-order chi connectivity index (χ0) is 13.1. The molecule has 0 saturated heterocycles. The highest BCUT2D eigenvalue weighted by atomic mass is 35.5. The number of hydrogen-bond acceptors (Lipinski definition) is 3. The van der Waals surface area contributed by atoms with Crippen LogP contribution in [0.3, 0.4) is 0 Å². The normalized spacial score (nSPS) is 14.4. The van der Waals surface area contributed by atoms with Gasteiger partial charge >= 0.3 is 0 Å². The molecule has 0 aliphatic carbocycles. The van der Waals surface area contributed by atoms with Crippen LogP contribution in [0.4, 0.5) is 4.39 Å². The van der Waals surface area contributed by atoms with Gasteiger partial charge in [0.1, 0.15) is 5.82 Å². The predicted molar refractivity (Wildman–Crippen MR) is 66.9 cm³/mol. The maximum Gasteiger partial charge on any atom is 0.198 e. The molecule has 0 aliphatic heterocycles. The fraction of sp³-hybridized carbons (Fsp3) is 0.231. The van der Waals surface area contributed by atoms with E-state index in [1.165, 1.54) is 12.3 Å². The Bertz CT molecular complexity index is 529. The van der Waals surface area contributed by atoms with Gasteiger partial charge in [-0.05, 0) is 29.3 Å². The van der Waals surface area contributed by atoms with Gasteiger partial charge in [0.25, 0.3) is 0 Å². The van der Waals surface area contributed by atoms with Crippen molar-refractivity contribution in [3.63, 3.8) is 0 Å². The molecule has 2 rings (SSSR count). The second-order valence-electron chi connectivity index (χ2n) is 3.96. The lowest BCUT2D eigenvalue weighted by Crippen LogP contribution is -2.21. The summed E-state index contributed by atoms with van der Waals surface area (Å²) in [6.45, 7) is 0.101. The molecule has 1 aromatic heterocycles. The third-order valence-corrected chi connectivity index (χ3v) is 3.21. The van der Waals surface area contributed by atoms with E-state index in [4.69, 9.17) is 21.8 Å². The Kier molecular flexibility index (Phi) is 4.01. The van der Waals surface area contributed by atoms with Gasteiger partial charge in [-0.15, -0.1) is 0 Å². The highest BCUT2D eigenvalue weighted by Gasteiger charge is 2.26. The monoisotopic (exact) mass is 269 g/mol. The van der Waals surface area contributed by atoms with E-state index in [0.717, 1.165) is 0 Å². The van der Waals surface area contributed by atoms with Crippen LogP contribution in [0, 0.1) is 5.82 Å². The third kappa shape index (κ3) is 2.41. The van der Waals surface area contributed by atoms with E-state index in [9.17, 15) is 9.50 Å². The van der Waals surface area contributed by atoms with Crippen LogP contribution in [0.5, 0.6) is 0 Å². The topological polar surface area (TPSA) is 59.4 Å². The van der Waals surface area contributed by atoms with Crippen molar-refractivity contribution in [1.82, 2.24) is 0 Å². The van der Waals surface area contributed by atoms with Crippen LogP contribution in [0.25, 0.3) is 0 Å². The molecule has 0 radical (unpaired) electrons. The van der Waals surface area contributed by atoms with Gasteiger partial charge in [0.05, 0.1) is 12.4 Å². The molecule has 3 N–H and O–H groups in total. The van der Waals surface area contributed by atoms with Crippen molar-refractivity contribution >= 4 is 11.6 Å². The molecule has 0 spiro atoms. The summed E-state index contributed by atoms with van der Waals surface area (Å²) in [6.07, 6.45) is 0.369. The number of benzene rings is 1. The van der Waals surface area contributed by atoms with Crippen LogP contribution in [0.2, 0.25) is 5.22 Å². The summed E-state index contributed by atoms with van der Waals surface area (Å²) in [5.74, 6) is -0.965. The van der Waals surface area contributed by atoms with Gasteiger partial charge in [0.2, 0.25) is 0 Å². The number of rotatable bonds is 4. The van der Waals surface area contributed by atoms with Crippen molar-refractivity contribution in [2.75, 3.05) is 6.54 Å². The van der Waals surface area contributed by atoms with Gasteiger partial charge in [0, 0.05) is 18.0 Å². The molecule has 2 unspecified atom stereocenters. The lowest BCUT2D eigenvalue weighted by atomic mass is 9.90. The molecule has 2 atom stereocenters. The van der Waals surface area contributed by atoms with Gasteiger partial charge in [-0.25, -0.2) is 4.39 Å². The molecule has 0 aliphatic rings. The van der Waals surface area contributed by atoms with Crippen molar-refractivity contribution in [1.29, 1.82) is 0 Å². The Morgan fingerprint density at radius 3 is 2.56 bits per heavy atom. The summed E-state index contributed by atoms with van der Waals surface area (Å²) < 4.78 is 18.6. The van der Waals surface area contributed by atoms with E-state index < -0.39 is 17.8 Å². The molecule has 96 valence electrons. The number of aliphatic hydroxyl groups is 1. The van der Waals surface area contributed by atoms with Crippen molar-refractivity contribution in [2.24, 2.45) is 5.73 Å². The minimum absolute atomic E-state index is 0.0947. The van der Waals surface area contributed by atoms with E-state index in [0.29, 0.717) is 11.1 Å². The molecule has 5 heteroatoms. The molecule has 0 amide bonds. The van der Waals surface area contributed by atoms with Crippen molar-refractivity contribution in [3.05, 3.63) is 58.8 Å². The Labute approximate surface area is 109 Å². The second kappa shape index (κ2) is 5.52. The zero-order valence-electron chi connectivity index (χ0n) is 9.51. The highest BCUT2D eigenvalue weighted by molar-refractivity contribution is 6.29. The Morgan fingerprint density at radius 1 is 1.28 bits per heavy atom. The van der Waals surface area contributed by atoms with Gasteiger partial charge in [-0.2, -0.15) is 0 Å². The van der Waals surface area contributed by atoms with Crippen LogP contribution in [0.1, 0.15) is 23.1 Å². The summed E-state index contributed by atoms with van der Waals surface area (Å²) >= 11 is 5.80. The average Bonchev–Trinajstić information content (AvgIpc) is 2.78. The summed E-state index contributed by atoms with van der Waals surface area (Å²) in [7, 11) is 0. The molecule has 2 aromatic rings. The summed E-state index contributed by atoms with van der Waals surface area (Å²) in [5.41, 5.74) is 6.41. The molecule has 3 nitrogen and oxygen atoms in total. The van der Waals surface area contributed by atoms with Crippen LogP contribution >= 0.6 is 11.6 Å². The standard InChI is InChI=1S/C13H13ClFNO2/c14-13-9(5-6-18-13)12(17)10(7-16)8-3-1-2-4-11(8)15/h1-6,10,12,17H,7,16H2. The molecular weight excluding hydrogens is 257 g/mol. The molecule has 1 aromatic carbocycles. The van der Waals surface area contributed by atoms with Crippen LogP contribution in [-0.4, -0.2) is 11.7 Å². The first-order chi connectivity index (χ1) is 8.65. The number of hydrogen-bond donors (Lipinski definition) is 2. The van der Waals surface area contributed by atoms with Crippen LogP contribution < -0.4 is 5.73 Å². The Hall–Kier alpha value is -1.36. The highest BCUT2D eigenvalue weighted by Crippen LogP contribution is 2.35. The van der Waals surface area contributed by atoms with Crippen LogP contribution in [0.15, 0.2) is 41.0 Å². The van der Waals surface area contributed by atoms with Crippen molar-refractivity contribution in [2.45, 2.75) is 12.0 Å². The minimum atomic E-state index is -1.00. The minimum Gasteiger partial charge on any atom is -0.453 e. The fourth-order valence-electron chi connectivity index (χ4n) is 1.93. The Morgan fingerprint density at radius 2 is 2.00 bits per heavy atom. The second-order valence-corrected chi connectivity index (χ2v) is 4.30. The first kappa shape index (κ1) is 13.1. The fourth-order valence-corrected chi connectivity index (χ4v) is 2.16. The van der Waals surface area contributed by atoms with Crippen molar-refractivity contribution in [3.8, 4) is 0 Å². The molecule has 0 bridgehead atoms. The van der Waals surface area contributed by atoms with E-state index >= 15 is 0 Å². The molecular formula is C13H13ClFNO2. The van der Waals surface area contributed by atoms with Gasteiger partial charge in [0.15, 0.2) is 5.22 Å². The summed E-state index contributed by atoms with van der Waals surface area (Å²) in [4.78, 5) is 0. The van der Waals surface area contributed by atoms with E-state index in [2.05, 4.69) is 0 Å². The van der Waals surface area contributed by atoms with E-state index in [1.54, 1.807) is 24.3 Å². The number of furan rings is 1. The Balaban J connectivity index is 2.35. The number of halogens is 2. The largest absolute Gasteiger partial charge is 0.453 e. The number of nitrogens with two attached hydrogens (primary N) is 1. The third-order valence-electron chi connectivity index (χ3n) is 2.90. The van der Waals surface area contributed by atoms with Gasteiger partial charge in [-0.3, -0.25) is 0 Å². The first-order valence-corrected chi connectivity index (χ1v) is 5.88. The zero-order valence-corrected chi connectivity index (χ0v) is 10.3. The summed E-state index contributed by atoms with van der Waals surface area (Å²) in [6, 6.07) is 7.77. The quantitative estimate of drug-likeness (QED) is 0.897. The maximum atomic E-state index is 13.7. The number of aliphatic hydroxyl groups excluding tert-OH is 1. The average molecular weight is 270 g/mol. The molecule has 0 saturated carbocycles. The summed E-state index contributed by atoms with van der Waals surface area (Å²) in [5, 5.41) is 10.3. The van der Waals surface area contributed by atoms with Crippen molar-refractivity contribution < 1.29 is 13.9 Å². The lowest BCUT2D eigenvalue weighted by molar-refractivity contribution is 0.145. The van der Waals surface area contributed by atoms with Gasteiger partial charge < -0.3 is 15.3 Å². The lowest BCUT2D eigenvalue weighted by Gasteiger charge is -2.21. The maximum absolute atomic E-state index is 13.7. The van der Waals surface area contributed by atoms with E-state index in [1.807, 2.05) is 0 Å². The SMILES string of the molecule is NCC(c1ccccc1F)C(O)c1ccoc1Cl. The van der Waals surface area contributed by atoms with Crippen LogP contribution in [-0.2, 0) is 0 Å².